The maximum atomic E-state index is 13.2. The van der Waals surface area contributed by atoms with Crippen LogP contribution in [0.15, 0.2) is 24.3 Å². The molecular formula is C17H21FN2O4. The Bertz CT molecular complexity index is 601. The van der Waals surface area contributed by atoms with Gasteiger partial charge in [-0.15, -0.1) is 0 Å². The molecule has 1 N–H and O–H groups in total. The zero-order valence-corrected chi connectivity index (χ0v) is 13.5. The normalized spacial score (nSPS) is 27.3. The van der Waals surface area contributed by atoms with Crippen molar-refractivity contribution in [1.82, 2.24) is 10.2 Å². The van der Waals surface area contributed by atoms with E-state index in [1.807, 2.05) is 0 Å². The molecule has 0 bridgehead atoms. The molecule has 6 nitrogen and oxygen atoms in total. The predicted octanol–water partition coefficient (Wildman–Crippen LogP) is 1.02. The van der Waals surface area contributed by atoms with Crippen LogP contribution in [0.3, 0.4) is 0 Å². The average Bonchev–Trinajstić information content (AvgIpc) is 3.09. The number of nitrogens with zero attached hydrogens (tertiary/aromatic N) is 1. The number of carbonyl (C=O) groups is 2. The maximum absolute atomic E-state index is 13.2. The second-order valence-corrected chi connectivity index (χ2v) is 6.11. The molecule has 3 rings (SSSR count). The van der Waals surface area contributed by atoms with Crippen LogP contribution in [0.5, 0.6) is 0 Å². The Balaban J connectivity index is 1.74. The van der Waals surface area contributed by atoms with Gasteiger partial charge in [-0.3, -0.25) is 9.59 Å². The van der Waals surface area contributed by atoms with E-state index in [0.717, 1.165) is 19.4 Å². The molecule has 2 heterocycles. The monoisotopic (exact) mass is 336 g/mol. The fourth-order valence-electron chi connectivity index (χ4n) is 3.11. The van der Waals surface area contributed by atoms with Gasteiger partial charge in [0.2, 0.25) is 5.91 Å². The van der Waals surface area contributed by atoms with Gasteiger partial charge in [-0.05, 0) is 30.5 Å². The van der Waals surface area contributed by atoms with Crippen LogP contribution in [-0.2, 0) is 19.1 Å². The van der Waals surface area contributed by atoms with Crippen LogP contribution in [0.1, 0.15) is 24.4 Å². The lowest BCUT2D eigenvalue weighted by molar-refractivity contribution is -0.162. The Kier molecular flexibility index (Phi) is 5.11. The van der Waals surface area contributed by atoms with Crippen molar-refractivity contribution >= 4 is 11.8 Å². The molecule has 2 saturated heterocycles. The Morgan fingerprint density at radius 3 is 2.75 bits per heavy atom. The number of halogens is 1. The molecule has 3 atom stereocenters. The standard InChI is InChI=1S/C17H21FN2O4/c1-20-14(21)10-24-16(15(20)11-4-6-12(18)7-5-11)17(22)19-9-13-3-2-8-23-13/h4-7,13,15-16H,2-3,8-10H2,1H3,(H,19,22)/t13-,15+,16+/m1/s1. The molecule has 0 unspecified atom stereocenters. The molecule has 7 heteroatoms. The Morgan fingerprint density at radius 2 is 2.08 bits per heavy atom. The van der Waals surface area contributed by atoms with Crippen molar-refractivity contribution in [3.8, 4) is 0 Å². The van der Waals surface area contributed by atoms with Gasteiger partial charge in [0.05, 0.1) is 12.1 Å². The average molecular weight is 336 g/mol. The Hall–Kier alpha value is -1.99. The summed E-state index contributed by atoms with van der Waals surface area (Å²) >= 11 is 0. The van der Waals surface area contributed by atoms with E-state index in [9.17, 15) is 14.0 Å². The van der Waals surface area contributed by atoms with Crippen molar-refractivity contribution in [3.63, 3.8) is 0 Å². The zero-order chi connectivity index (χ0) is 17.1. The second kappa shape index (κ2) is 7.27. The lowest BCUT2D eigenvalue weighted by Crippen LogP contribution is -2.53. The van der Waals surface area contributed by atoms with E-state index in [0.29, 0.717) is 12.1 Å². The summed E-state index contributed by atoms with van der Waals surface area (Å²) in [7, 11) is 1.62. The number of benzene rings is 1. The summed E-state index contributed by atoms with van der Waals surface area (Å²) in [6.45, 7) is 0.995. The smallest absolute Gasteiger partial charge is 0.251 e. The highest BCUT2D eigenvalue weighted by Gasteiger charge is 2.40. The number of morpholine rings is 1. The lowest BCUT2D eigenvalue weighted by Gasteiger charge is -2.38. The molecule has 1 aromatic rings. The molecule has 2 aliphatic heterocycles. The summed E-state index contributed by atoms with van der Waals surface area (Å²) in [5.74, 6) is -0.879. The van der Waals surface area contributed by atoms with Crippen molar-refractivity contribution in [2.75, 3.05) is 26.8 Å². The summed E-state index contributed by atoms with van der Waals surface area (Å²) in [4.78, 5) is 26.0. The fourth-order valence-corrected chi connectivity index (χ4v) is 3.11. The molecule has 0 spiro atoms. The van der Waals surface area contributed by atoms with Crippen LogP contribution in [0, 0.1) is 5.82 Å². The number of hydrogen-bond donors (Lipinski definition) is 1. The topological polar surface area (TPSA) is 67.9 Å². The van der Waals surface area contributed by atoms with Crippen molar-refractivity contribution in [1.29, 1.82) is 0 Å². The molecule has 0 aliphatic carbocycles. The van der Waals surface area contributed by atoms with Crippen LogP contribution in [-0.4, -0.2) is 55.7 Å². The predicted molar refractivity (Wildman–Crippen MR) is 83.6 cm³/mol. The van der Waals surface area contributed by atoms with E-state index in [-0.39, 0.29) is 30.3 Å². The maximum Gasteiger partial charge on any atom is 0.251 e. The number of likely N-dealkylation sites (N-methyl/N-ethyl adjacent to an activating group) is 1. The molecule has 2 fully saturated rings. The van der Waals surface area contributed by atoms with Gasteiger partial charge in [0, 0.05) is 20.2 Å². The summed E-state index contributed by atoms with van der Waals surface area (Å²) in [6, 6.07) is 5.17. The van der Waals surface area contributed by atoms with E-state index >= 15 is 0 Å². The molecule has 0 radical (unpaired) electrons. The first-order valence-corrected chi connectivity index (χ1v) is 8.08. The van der Waals surface area contributed by atoms with Gasteiger partial charge in [-0.2, -0.15) is 0 Å². The third-order valence-electron chi connectivity index (χ3n) is 4.48. The molecule has 130 valence electrons. The zero-order valence-electron chi connectivity index (χ0n) is 13.5. The van der Waals surface area contributed by atoms with Crippen molar-refractivity contribution in [2.45, 2.75) is 31.1 Å². The third-order valence-corrected chi connectivity index (χ3v) is 4.48. The van der Waals surface area contributed by atoms with Gasteiger partial charge in [0.1, 0.15) is 12.4 Å². The molecular weight excluding hydrogens is 315 g/mol. The van der Waals surface area contributed by atoms with E-state index in [2.05, 4.69) is 5.32 Å². The van der Waals surface area contributed by atoms with Gasteiger partial charge in [-0.25, -0.2) is 4.39 Å². The molecule has 0 aromatic heterocycles. The summed E-state index contributed by atoms with van der Waals surface area (Å²) in [5, 5.41) is 2.84. The van der Waals surface area contributed by atoms with E-state index in [1.165, 1.54) is 17.0 Å². The van der Waals surface area contributed by atoms with Gasteiger partial charge >= 0.3 is 0 Å². The largest absolute Gasteiger partial charge is 0.376 e. The number of carbonyl (C=O) groups excluding carboxylic acids is 2. The van der Waals surface area contributed by atoms with Gasteiger partial charge in [0.15, 0.2) is 6.10 Å². The minimum absolute atomic E-state index is 0.0289. The quantitative estimate of drug-likeness (QED) is 0.891. The van der Waals surface area contributed by atoms with Crippen molar-refractivity contribution in [3.05, 3.63) is 35.6 Å². The van der Waals surface area contributed by atoms with Gasteiger partial charge < -0.3 is 19.7 Å². The summed E-state index contributed by atoms with van der Waals surface area (Å²) in [5.41, 5.74) is 0.657. The molecule has 1 aromatic carbocycles. The minimum atomic E-state index is -0.834. The number of rotatable bonds is 4. The molecule has 2 amide bonds. The van der Waals surface area contributed by atoms with Crippen LogP contribution in [0.25, 0.3) is 0 Å². The number of hydrogen-bond acceptors (Lipinski definition) is 4. The SMILES string of the molecule is CN1C(=O)CO[C@H](C(=O)NC[C@H]2CCCO2)[C@@H]1c1ccc(F)cc1. The Morgan fingerprint density at radius 1 is 1.33 bits per heavy atom. The van der Waals surface area contributed by atoms with E-state index in [1.54, 1.807) is 19.2 Å². The van der Waals surface area contributed by atoms with Crippen LogP contribution in [0.2, 0.25) is 0 Å². The van der Waals surface area contributed by atoms with Crippen molar-refractivity contribution in [2.24, 2.45) is 0 Å². The third kappa shape index (κ3) is 3.57. The van der Waals surface area contributed by atoms with E-state index < -0.39 is 12.1 Å². The summed E-state index contributed by atoms with van der Waals surface area (Å²) < 4.78 is 24.2. The fraction of sp³-hybridized carbons (Fsp3) is 0.529. The minimum Gasteiger partial charge on any atom is -0.376 e. The second-order valence-electron chi connectivity index (χ2n) is 6.11. The van der Waals surface area contributed by atoms with Crippen molar-refractivity contribution < 1.29 is 23.5 Å². The van der Waals surface area contributed by atoms with Crippen LogP contribution < -0.4 is 5.32 Å². The van der Waals surface area contributed by atoms with E-state index in [4.69, 9.17) is 9.47 Å². The first-order valence-electron chi connectivity index (χ1n) is 8.08. The molecule has 2 aliphatic rings. The number of nitrogens with one attached hydrogen (secondary N) is 1. The molecule has 0 saturated carbocycles. The number of amides is 2. The van der Waals surface area contributed by atoms with Gasteiger partial charge in [0.25, 0.3) is 5.91 Å². The molecule has 24 heavy (non-hydrogen) atoms. The van der Waals surface area contributed by atoms with Crippen LogP contribution >= 0.6 is 0 Å². The van der Waals surface area contributed by atoms with Gasteiger partial charge in [-0.1, -0.05) is 12.1 Å². The highest BCUT2D eigenvalue weighted by molar-refractivity contribution is 5.86. The summed E-state index contributed by atoms with van der Waals surface area (Å²) in [6.07, 6.45) is 1.11. The number of ether oxygens (including phenoxy) is 2. The first-order chi connectivity index (χ1) is 11.6. The highest BCUT2D eigenvalue weighted by atomic mass is 19.1. The highest BCUT2D eigenvalue weighted by Crippen LogP contribution is 2.29. The Labute approximate surface area is 139 Å². The first kappa shape index (κ1) is 16.9. The van der Waals surface area contributed by atoms with Crippen LogP contribution in [0.4, 0.5) is 4.39 Å². The lowest BCUT2D eigenvalue weighted by atomic mass is 9.97.